The summed E-state index contributed by atoms with van der Waals surface area (Å²) >= 11 is 6.50. The Kier molecular flexibility index (Phi) is 3.26. The lowest BCUT2D eigenvalue weighted by atomic mass is 10.2. The lowest BCUT2D eigenvalue weighted by molar-refractivity contribution is 0.0531. The number of nitrogens with zero attached hydrogens (tertiary/aromatic N) is 2. The zero-order valence-corrected chi connectivity index (χ0v) is 11.4. The Hall–Kier alpha value is -1.27. The first-order valence-corrected chi connectivity index (χ1v) is 6.39. The predicted molar refractivity (Wildman–Crippen MR) is 68.5 cm³/mol. The van der Waals surface area contributed by atoms with E-state index in [0.29, 0.717) is 22.3 Å². The second kappa shape index (κ2) is 4.54. The summed E-state index contributed by atoms with van der Waals surface area (Å²) in [5.74, 6) is 0.305. The molecule has 0 saturated heterocycles. The molecule has 0 fully saturated rings. The van der Waals surface area contributed by atoms with Crippen molar-refractivity contribution in [2.75, 3.05) is 6.61 Å². The van der Waals surface area contributed by atoms with Crippen LogP contribution in [0.15, 0.2) is 5.03 Å². The van der Waals surface area contributed by atoms with Crippen LogP contribution in [0.1, 0.15) is 28.0 Å². The van der Waals surface area contributed by atoms with Crippen LogP contribution in [0.4, 0.5) is 0 Å². The molecule has 0 bridgehead atoms. The second-order valence-corrected chi connectivity index (χ2v) is 4.92. The standard InChI is InChI=1S/C11H12N2O2S2/c1-4-15-11(14)8-5(2)7-9(16)12-6(3)13-10(7)17-8/h4H2,1-3H3,(H,12,13,16)/p-1. The molecule has 90 valence electrons. The van der Waals surface area contributed by atoms with Gasteiger partial charge in [0.2, 0.25) is 0 Å². The van der Waals surface area contributed by atoms with Crippen LogP contribution >= 0.6 is 11.3 Å². The largest absolute Gasteiger partial charge is 0.759 e. The highest BCUT2D eigenvalue weighted by molar-refractivity contribution is 7.59. The number of rotatable bonds is 2. The predicted octanol–water partition coefficient (Wildman–Crippen LogP) is 2.39. The topological polar surface area (TPSA) is 52.1 Å². The first-order chi connectivity index (χ1) is 8.04. The fourth-order valence-corrected chi connectivity index (χ4v) is 3.16. The molecule has 0 aliphatic carbocycles. The van der Waals surface area contributed by atoms with Gasteiger partial charge in [-0.15, -0.1) is 11.3 Å². The van der Waals surface area contributed by atoms with E-state index in [9.17, 15) is 4.79 Å². The highest BCUT2D eigenvalue weighted by atomic mass is 32.1. The number of carbonyl (C=O) groups is 1. The molecule has 2 aromatic rings. The van der Waals surface area contributed by atoms with E-state index in [4.69, 9.17) is 17.4 Å². The van der Waals surface area contributed by atoms with Crippen LogP contribution in [0.2, 0.25) is 0 Å². The molecule has 0 aliphatic rings. The van der Waals surface area contributed by atoms with Gasteiger partial charge in [0, 0.05) is 5.39 Å². The van der Waals surface area contributed by atoms with Crippen LogP contribution in [0.25, 0.3) is 10.2 Å². The van der Waals surface area contributed by atoms with Gasteiger partial charge < -0.3 is 17.4 Å². The summed E-state index contributed by atoms with van der Waals surface area (Å²) in [6, 6.07) is 0. The van der Waals surface area contributed by atoms with E-state index in [1.807, 2.05) is 6.92 Å². The average molecular weight is 267 g/mol. The molecule has 2 rings (SSSR count). The van der Waals surface area contributed by atoms with E-state index >= 15 is 0 Å². The summed E-state index contributed by atoms with van der Waals surface area (Å²) in [5, 5.41) is 1.29. The summed E-state index contributed by atoms with van der Waals surface area (Å²) < 4.78 is 5.00. The Balaban J connectivity index is 2.64. The van der Waals surface area contributed by atoms with Gasteiger partial charge in [0.05, 0.1) is 6.61 Å². The van der Waals surface area contributed by atoms with Gasteiger partial charge >= 0.3 is 5.97 Å². The maximum atomic E-state index is 11.7. The number of carbonyl (C=O) groups excluding carboxylic acids is 1. The SMILES string of the molecule is CCOC(=O)c1sc2nc(C)nc([S-])c2c1C. The highest BCUT2D eigenvalue weighted by Gasteiger charge is 2.17. The van der Waals surface area contributed by atoms with Crippen molar-refractivity contribution in [2.45, 2.75) is 25.8 Å². The Morgan fingerprint density at radius 2 is 2.12 bits per heavy atom. The third kappa shape index (κ3) is 2.10. The van der Waals surface area contributed by atoms with E-state index in [2.05, 4.69) is 9.97 Å². The minimum atomic E-state index is -0.319. The molecule has 4 nitrogen and oxygen atoms in total. The van der Waals surface area contributed by atoms with Crippen molar-refractivity contribution in [2.24, 2.45) is 0 Å². The third-order valence-electron chi connectivity index (χ3n) is 2.33. The molecular weight excluding hydrogens is 256 g/mol. The molecule has 2 aromatic heterocycles. The second-order valence-electron chi connectivity index (χ2n) is 3.53. The zero-order valence-electron chi connectivity index (χ0n) is 9.73. The van der Waals surface area contributed by atoms with Gasteiger partial charge in [-0.3, -0.25) is 4.98 Å². The fourth-order valence-electron chi connectivity index (χ4n) is 1.60. The molecule has 6 heteroatoms. The minimum absolute atomic E-state index is 0.319. The average Bonchev–Trinajstić information content (AvgIpc) is 2.56. The summed E-state index contributed by atoms with van der Waals surface area (Å²) in [6.07, 6.45) is 0. The molecule has 0 N–H and O–H groups in total. The van der Waals surface area contributed by atoms with Crippen molar-refractivity contribution in [3.63, 3.8) is 0 Å². The van der Waals surface area contributed by atoms with Crippen molar-refractivity contribution in [1.29, 1.82) is 0 Å². The lowest BCUT2D eigenvalue weighted by Crippen LogP contribution is -2.03. The minimum Gasteiger partial charge on any atom is -0.759 e. The molecule has 0 spiro atoms. The van der Waals surface area contributed by atoms with Crippen LogP contribution in [0.3, 0.4) is 0 Å². The van der Waals surface area contributed by atoms with E-state index in [-0.39, 0.29) is 5.97 Å². The molecule has 0 saturated carbocycles. The van der Waals surface area contributed by atoms with Crippen LogP contribution < -0.4 is 0 Å². The van der Waals surface area contributed by atoms with Gasteiger partial charge in [-0.05, 0) is 26.3 Å². The summed E-state index contributed by atoms with van der Waals surface area (Å²) in [6.45, 7) is 5.77. The quantitative estimate of drug-likeness (QED) is 0.475. The van der Waals surface area contributed by atoms with Crippen LogP contribution in [0, 0.1) is 13.8 Å². The fraction of sp³-hybridized carbons (Fsp3) is 0.364. The Bertz CT molecular complexity index is 593. The van der Waals surface area contributed by atoms with E-state index in [1.165, 1.54) is 11.3 Å². The number of aryl methyl sites for hydroxylation is 2. The van der Waals surface area contributed by atoms with Gasteiger partial charge in [0.25, 0.3) is 0 Å². The van der Waals surface area contributed by atoms with Gasteiger partial charge in [0.15, 0.2) is 0 Å². The molecule has 0 radical (unpaired) electrons. The normalized spacial score (nSPS) is 10.8. The van der Waals surface area contributed by atoms with Gasteiger partial charge in [-0.1, -0.05) is 5.03 Å². The van der Waals surface area contributed by atoms with Crippen LogP contribution in [-0.2, 0) is 17.4 Å². The number of hydrogen-bond donors (Lipinski definition) is 0. The third-order valence-corrected chi connectivity index (χ3v) is 3.79. The molecule has 17 heavy (non-hydrogen) atoms. The van der Waals surface area contributed by atoms with Gasteiger partial charge in [-0.2, -0.15) is 0 Å². The first-order valence-electron chi connectivity index (χ1n) is 5.16. The lowest BCUT2D eigenvalue weighted by Gasteiger charge is -2.07. The van der Waals surface area contributed by atoms with E-state index < -0.39 is 0 Å². The molecular formula is C11H11N2O2S2-. The van der Waals surface area contributed by atoms with Crippen molar-refractivity contribution >= 4 is 40.2 Å². The first kappa shape index (κ1) is 12.2. The number of aromatic nitrogens is 2. The molecule has 0 atom stereocenters. The smallest absolute Gasteiger partial charge is 0.348 e. The van der Waals surface area contributed by atoms with Crippen molar-refractivity contribution in [3.05, 3.63) is 16.3 Å². The Labute approximate surface area is 108 Å². The Morgan fingerprint density at radius 1 is 1.41 bits per heavy atom. The number of hydrogen-bond acceptors (Lipinski definition) is 6. The molecule has 0 amide bonds. The summed E-state index contributed by atoms with van der Waals surface area (Å²) in [7, 11) is 0. The van der Waals surface area contributed by atoms with E-state index in [1.54, 1.807) is 13.8 Å². The molecule has 2 heterocycles. The van der Waals surface area contributed by atoms with Crippen molar-refractivity contribution in [1.82, 2.24) is 9.97 Å². The highest BCUT2D eigenvalue weighted by Crippen LogP contribution is 2.31. The number of esters is 1. The molecule has 0 aliphatic heterocycles. The number of fused-ring (bicyclic) bond motifs is 1. The summed E-state index contributed by atoms with van der Waals surface area (Å²) in [4.78, 5) is 21.5. The maximum Gasteiger partial charge on any atom is 0.348 e. The Morgan fingerprint density at radius 3 is 2.76 bits per heavy atom. The summed E-state index contributed by atoms with van der Waals surface area (Å²) in [5.41, 5.74) is 0.813. The van der Waals surface area contributed by atoms with E-state index in [0.717, 1.165) is 15.8 Å². The van der Waals surface area contributed by atoms with Gasteiger partial charge in [0.1, 0.15) is 15.5 Å². The van der Waals surface area contributed by atoms with Gasteiger partial charge in [-0.25, -0.2) is 9.78 Å². The van der Waals surface area contributed by atoms with Crippen LogP contribution in [-0.4, -0.2) is 22.5 Å². The monoisotopic (exact) mass is 267 g/mol. The number of ether oxygens (including phenoxy) is 1. The number of thiophene rings is 1. The maximum absolute atomic E-state index is 11.7. The van der Waals surface area contributed by atoms with Crippen molar-refractivity contribution in [3.8, 4) is 0 Å². The molecule has 0 unspecified atom stereocenters. The van der Waals surface area contributed by atoms with Crippen molar-refractivity contribution < 1.29 is 9.53 Å². The molecule has 0 aromatic carbocycles. The van der Waals surface area contributed by atoms with Crippen LogP contribution in [0.5, 0.6) is 0 Å². The zero-order chi connectivity index (χ0) is 12.6.